The van der Waals surface area contributed by atoms with Crippen molar-refractivity contribution in [2.45, 2.75) is 45.3 Å². The Labute approximate surface area is 205 Å². The number of nitrogens with one attached hydrogen (secondary N) is 1. The van der Waals surface area contributed by atoms with E-state index in [2.05, 4.69) is 5.32 Å². The lowest BCUT2D eigenvalue weighted by Gasteiger charge is -2.27. The number of rotatable bonds is 5. The van der Waals surface area contributed by atoms with Crippen LogP contribution in [0.25, 0.3) is 0 Å². The Balaban J connectivity index is 1.45. The molecular formula is C29H29N3O3. The molecule has 2 aliphatic rings. The summed E-state index contributed by atoms with van der Waals surface area (Å²) in [5.74, 6) is -0.385. The highest BCUT2D eigenvalue weighted by Crippen LogP contribution is 2.33. The largest absolute Gasteiger partial charge is 0.346 e. The van der Waals surface area contributed by atoms with Crippen LogP contribution < -0.4 is 10.2 Å². The minimum atomic E-state index is -0.461. The summed E-state index contributed by atoms with van der Waals surface area (Å²) in [6.07, 6.45) is 1.47. The molecule has 3 amide bonds. The van der Waals surface area contributed by atoms with Crippen LogP contribution in [0.2, 0.25) is 0 Å². The van der Waals surface area contributed by atoms with Crippen molar-refractivity contribution in [1.29, 1.82) is 0 Å². The fourth-order valence-corrected chi connectivity index (χ4v) is 5.04. The number of aryl methyl sites for hydroxylation is 1. The number of amides is 3. The second-order valence-electron chi connectivity index (χ2n) is 9.36. The van der Waals surface area contributed by atoms with Crippen molar-refractivity contribution in [2.24, 2.45) is 0 Å². The molecule has 5 rings (SSSR count). The van der Waals surface area contributed by atoms with Gasteiger partial charge in [-0.05, 0) is 56.0 Å². The molecule has 0 radical (unpaired) electrons. The molecule has 35 heavy (non-hydrogen) atoms. The lowest BCUT2D eigenvalue weighted by molar-refractivity contribution is -0.122. The summed E-state index contributed by atoms with van der Waals surface area (Å²) in [4.78, 5) is 43.5. The topological polar surface area (TPSA) is 69.7 Å². The van der Waals surface area contributed by atoms with Crippen LogP contribution in [0.1, 0.15) is 63.2 Å². The molecule has 178 valence electrons. The maximum Gasteiger partial charge on any atom is 0.256 e. The number of carbonyl (C=O) groups is 3. The predicted molar refractivity (Wildman–Crippen MR) is 135 cm³/mol. The smallest absolute Gasteiger partial charge is 0.256 e. The van der Waals surface area contributed by atoms with E-state index >= 15 is 0 Å². The molecule has 0 spiro atoms. The molecule has 6 heteroatoms. The lowest BCUT2D eigenvalue weighted by atomic mass is 10.0. The highest BCUT2D eigenvalue weighted by molar-refractivity contribution is 6.11. The van der Waals surface area contributed by atoms with Crippen molar-refractivity contribution in [2.75, 3.05) is 11.4 Å². The van der Waals surface area contributed by atoms with Gasteiger partial charge in [-0.1, -0.05) is 60.2 Å². The zero-order chi connectivity index (χ0) is 24.5. The van der Waals surface area contributed by atoms with E-state index in [4.69, 9.17) is 0 Å². The van der Waals surface area contributed by atoms with Gasteiger partial charge in [0.05, 0.1) is 23.8 Å². The lowest BCUT2D eigenvalue weighted by Crippen LogP contribution is -2.44. The Morgan fingerprint density at radius 2 is 1.71 bits per heavy atom. The maximum absolute atomic E-state index is 13.6. The normalized spacial score (nSPS) is 18.1. The van der Waals surface area contributed by atoms with Gasteiger partial charge in [0, 0.05) is 12.1 Å². The SMILES string of the molecule is Cc1ccc([C@@H](C)NC(=O)c2ccccc2CN2C(=O)[C@H]3CCCN3C(=O)c3ccccc32)cc1. The Morgan fingerprint density at radius 3 is 2.51 bits per heavy atom. The van der Waals surface area contributed by atoms with Gasteiger partial charge < -0.3 is 15.1 Å². The molecule has 0 aliphatic carbocycles. The zero-order valence-electron chi connectivity index (χ0n) is 20.0. The molecule has 2 heterocycles. The summed E-state index contributed by atoms with van der Waals surface area (Å²) in [5, 5.41) is 3.09. The molecule has 1 N–H and O–H groups in total. The molecule has 0 saturated carbocycles. The summed E-state index contributed by atoms with van der Waals surface area (Å²) in [5.41, 5.74) is 4.58. The van der Waals surface area contributed by atoms with Crippen LogP contribution in [0.3, 0.4) is 0 Å². The van der Waals surface area contributed by atoms with Gasteiger partial charge in [0.2, 0.25) is 5.91 Å². The Hall–Kier alpha value is -3.93. The third-order valence-electron chi connectivity index (χ3n) is 7.01. The monoisotopic (exact) mass is 467 g/mol. The van der Waals surface area contributed by atoms with Gasteiger partial charge in [-0.15, -0.1) is 0 Å². The third kappa shape index (κ3) is 4.32. The van der Waals surface area contributed by atoms with E-state index in [1.807, 2.05) is 74.5 Å². The first kappa shape index (κ1) is 22.8. The van der Waals surface area contributed by atoms with Crippen molar-refractivity contribution >= 4 is 23.4 Å². The molecule has 0 bridgehead atoms. The van der Waals surface area contributed by atoms with Gasteiger partial charge in [0.1, 0.15) is 6.04 Å². The number of para-hydroxylation sites is 1. The maximum atomic E-state index is 13.6. The predicted octanol–water partition coefficient (Wildman–Crippen LogP) is 4.64. The standard InChI is InChI=1S/C29H29N3O3/c1-19-13-15-21(16-14-19)20(2)30-27(33)23-9-4-3-8-22(23)18-32-25-11-6-5-10-24(25)28(34)31-17-7-12-26(31)29(32)35/h3-6,8-11,13-16,20,26H,7,12,17-18H2,1-2H3,(H,30,33)/t20-,26-/m1/s1. The van der Waals surface area contributed by atoms with Gasteiger partial charge >= 0.3 is 0 Å². The number of anilines is 1. The van der Waals surface area contributed by atoms with E-state index in [0.717, 1.165) is 17.5 Å². The number of hydrogen-bond acceptors (Lipinski definition) is 3. The average molecular weight is 468 g/mol. The van der Waals surface area contributed by atoms with Crippen LogP contribution in [-0.2, 0) is 11.3 Å². The summed E-state index contributed by atoms with van der Waals surface area (Å²) in [7, 11) is 0. The quantitative estimate of drug-likeness (QED) is 0.595. The Bertz CT molecular complexity index is 1280. The molecule has 3 aromatic carbocycles. The number of nitrogens with zero attached hydrogens (tertiary/aromatic N) is 2. The van der Waals surface area contributed by atoms with Gasteiger partial charge in [-0.3, -0.25) is 14.4 Å². The summed E-state index contributed by atoms with van der Waals surface area (Å²) in [6, 6.07) is 22.1. The number of carbonyl (C=O) groups excluding carboxylic acids is 3. The fourth-order valence-electron chi connectivity index (χ4n) is 5.04. The van der Waals surface area contributed by atoms with Crippen molar-refractivity contribution in [3.05, 3.63) is 101 Å². The highest BCUT2D eigenvalue weighted by atomic mass is 16.2. The van der Waals surface area contributed by atoms with E-state index in [0.29, 0.717) is 29.8 Å². The van der Waals surface area contributed by atoms with Crippen LogP contribution in [0.4, 0.5) is 5.69 Å². The van der Waals surface area contributed by atoms with Crippen LogP contribution >= 0.6 is 0 Å². The molecule has 1 fully saturated rings. The fraction of sp³-hybridized carbons (Fsp3) is 0.276. The molecule has 2 aliphatic heterocycles. The van der Waals surface area contributed by atoms with Crippen molar-refractivity contribution < 1.29 is 14.4 Å². The molecule has 0 unspecified atom stereocenters. The van der Waals surface area contributed by atoms with Gasteiger partial charge in [-0.2, -0.15) is 0 Å². The minimum absolute atomic E-state index is 0.0935. The average Bonchev–Trinajstić information content (AvgIpc) is 3.34. The van der Waals surface area contributed by atoms with Gasteiger partial charge in [-0.25, -0.2) is 0 Å². The number of fused-ring (bicyclic) bond motifs is 2. The molecule has 2 atom stereocenters. The first-order valence-electron chi connectivity index (χ1n) is 12.1. The Morgan fingerprint density at radius 1 is 1.00 bits per heavy atom. The zero-order valence-corrected chi connectivity index (χ0v) is 20.0. The van der Waals surface area contributed by atoms with Crippen LogP contribution in [0.15, 0.2) is 72.8 Å². The van der Waals surface area contributed by atoms with Crippen molar-refractivity contribution in [3.8, 4) is 0 Å². The third-order valence-corrected chi connectivity index (χ3v) is 7.01. The minimum Gasteiger partial charge on any atom is -0.346 e. The van der Waals surface area contributed by atoms with Crippen molar-refractivity contribution in [1.82, 2.24) is 10.2 Å². The second-order valence-corrected chi connectivity index (χ2v) is 9.36. The molecule has 6 nitrogen and oxygen atoms in total. The summed E-state index contributed by atoms with van der Waals surface area (Å²) >= 11 is 0. The first-order chi connectivity index (χ1) is 16.9. The second kappa shape index (κ2) is 9.37. The summed E-state index contributed by atoms with van der Waals surface area (Å²) < 4.78 is 0. The van der Waals surface area contributed by atoms with Crippen LogP contribution in [-0.4, -0.2) is 35.2 Å². The van der Waals surface area contributed by atoms with Crippen LogP contribution in [0.5, 0.6) is 0 Å². The molecule has 1 saturated heterocycles. The van der Waals surface area contributed by atoms with E-state index in [9.17, 15) is 14.4 Å². The van der Waals surface area contributed by atoms with Gasteiger partial charge in [0.25, 0.3) is 11.8 Å². The first-order valence-corrected chi connectivity index (χ1v) is 12.1. The van der Waals surface area contributed by atoms with E-state index < -0.39 is 6.04 Å². The number of hydrogen-bond donors (Lipinski definition) is 1. The van der Waals surface area contributed by atoms with E-state index in [-0.39, 0.29) is 30.3 Å². The van der Waals surface area contributed by atoms with E-state index in [1.165, 1.54) is 5.56 Å². The van der Waals surface area contributed by atoms with Gasteiger partial charge in [0.15, 0.2) is 0 Å². The molecule has 3 aromatic rings. The molecule has 0 aromatic heterocycles. The van der Waals surface area contributed by atoms with Crippen molar-refractivity contribution in [3.63, 3.8) is 0 Å². The Kier molecular flexibility index (Phi) is 6.12. The van der Waals surface area contributed by atoms with E-state index in [1.54, 1.807) is 21.9 Å². The summed E-state index contributed by atoms with van der Waals surface area (Å²) in [6.45, 7) is 4.80. The number of benzene rings is 3. The van der Waals surface area contributed by atoms with Crippen LogP contribution in [0, 0.1) is 6.92 Å². The highest BCUT2D eigenvalue weighted by Gasteiger charge is 2.42. The molecular weight excluding hydrogens is 438 g/mol.